The highest BCUT2D eigenvalue weighted by Crippen LogP contribution is 2.36. The van der Waals surface area contributed by atoms with E-state index in [0.717, 1.165) is 0 Å². The summed E-state index contributed by atoms with van der Waals surface area (Å²) < 4.78 is 0.517. The molecule has 3 rings (SSSR count). The second kappa shape index (κ2) is 4.30. The van der Waals surface area contributed by atoms with E-state index >= 15 is 0 Å². The first-order valence-corrected chi connectivity index (χ1v) is 7.06. The van der Waals surface area contributed by atoms with Gasteiger partial charge in [0.2, 0.25) is 0 Å². The maximum atomic E-state index is 2.50. The van der Waals surface area contributed by atoms with Gasteiger partial charge in [-0.1, -0.05) is 71.1 Å². The van der Waals surface area contributed by atoms with Crippen LogP contribution in [0.3, 0.4) is 0 Å². The van der Waals surface area contributed by atoms with E-state index < -0.39 is 0 Å². The fraction of sp³-hybridized carbons (Fsp3) is 0.125. The van der Waals surface area contributed by atoms with Gasteiger partial charge >= 0.3 is 0 Å². The lowest BCUT2D eigenvalue weighted by Crippen LogP contribution is -1.89. The summed E-state index contributed by atoms with van der Waals surface area (Å²) in [7, 11) is 0. The van der Waals surface area contributed by atoms with Crippen molar-refractivity contribution in [3.63, 3.8) is 0 Å². The maximum absolute atomic E-state index is 2.50. The Morgan fingerprint density at radius 1 is 0.824 bits per heavy atom. The molecule has 0 N–H and O–H groups in total. The first-order valence-electron chi connectivity index (χ1n) is 5.82. The van der Waals surface area contributed by atoms with Gasteiger partial charge in [0.1, 0.15) is 0 Å². The minimum absolute atomic E-state index is 0.517. The Morgan fingerprint density at radius 3 is 1.76 bits per heavy atom. The Bertz CT molecular complexity index is 629. The molecule has 1 heteroatoms. The lowest BCUT2D eigenvalue weighted by molar-refractivity contribution is 1.19. The van der Waals surface area contributed by atoms with Crippen LogP contribution < -0.4 is 0 Å². The van der Waals surface area contributed by atoms with Gasteiger partial charge in [-0.05, 0) is 40.1 Å². The largest absolute Gasteiger partial charge is 0.0777 e. The van der Waals surface area contributed by atoms with Crippen molar-refractivity contribution >= 4 is 44.1 Å². The quantitative estimate of drug-likeness (QED) is 0.314. The van der Waals surface area contributed by atoms with Crippen LogP contribution in [0.2, 0.25) is 0 Å². The molecule has 1 atom stereocenters. The molecule has 0 fully saturated rings. The molecule has 0 aromatic heterocycles. The Balaban J connectivity index is 2.56. The van der Waals surface area contributed by atoms with Gasteiger partial charge in [0.25, 0.3) is 0 Å². The maximum Gasteiger partial charge on any atom is 0.0343 e. The van der Waals surface area contributed by atoms with Crippen LogP contribution in [0.25, 0.3) is 21.5 Å². The zero-order chi connectivity index (χ0) is 11.8. The topological polar surface area (TPSA) is 0 Å². The highest BCUT2D eigenvalue weighted by molar-refractivity contribution is 14.1. The number of alkyl halides is 1. The summed E-state index contributed by atoms with van der Waals surface area (Å²) in [4.78, 5) is 0. The third-order valence-corrected chi connectivity index (χ3v) is 3.83. The molecule has 17 heavy (non-hydrogen) atoms. The lowest BCUT2D eigenvalue weighted by atomic mass is 9.95. The van der Waals surface area contributed by atoms with Gasteiger partial charge in [-0.15, -0.1) is 0 Å². The molecule has 0 aliphatic rings. The van der Waals surface area contributed by atoms with Gasteiger partial charge in [-0.2, -0.15) is 0 Å². The number of fused-ring (bicyclic) bond motifs is 2. The van der Waals surface area contributed by atoms with E-state index in [4.69, 9.17) is 0 Å². The lowest BCUT2D eigenvalue weighted by Gasteiger charge is -2.13. The first-order chi connectivity index (χ1) is 8.27. The fourth-order valence-corrected chi connectivity index (χ4v) is 3.15. The average Bonchev–Trinajstić information content (AvgIpc) is 2.35. The first kappa shape index (κ1) is 11.0. The molecule has 0 aliphatic carbocycles. The number of benzene rings is 3. The Morgan fingerprint density at radius 2 is 1.29 bits per heavy atom. The highest BCUT2D eigenvalue weighted by Gasteiger charge is 2.10. The number of hydrogen-bond acceptors (Lipinski definition) is 0. The normalized spacial score (nSPS) is 13.1. The molecule has 0 spiro atoms. The third-order valence-electron chi connectivity index (χ3n) is 3.21. The van der Waals surface area contributed by atoms with Crippen LogP contribution in [0.5, 0.6) is 0 Å². The van der Waals surface area contributed by atoms with Gasteiger partial charge in [-0.3, -0.25) is 0 Å². The fourth-order valence-electron chi connectivity index (χ4n) is 2.48. The van der Waals surface area contributed by atoms with Gasteiger partial charge in [0.05, 0.1) is 0 Å². The van der Waals surface area contributed by atoms with E-state index in [1.165, 1.54) is 27.1 Å². The second-order valence-corrected chi connectivity index (χ2v) is 6.22. The predicted molar refractivity (Wildman–Crippen MR) is 83.9 cm³/mol. The van der Waals surface area contributed by atoms with E-state index in [0.29, 0.717) is 3.92 Å². The SMILES string of the molecule is CC(I)c1c2ccccc2cc2ccccc12. The molecule has 0 nitrogen and oxygen atoms in total. The summed E-state index contributed by atoms with van der Waals surface area (Å²) in [6, 6.07) is 19.6. The van der Waals surface area contributed by atoms with E-state index in [1.54, 1.807) is 0 Å². The standard InChI is InChI=1S/C16H13I/c1-11(17)16-14-8-4-2-6-12(14)10-13-7-3-5-9-15(13)16/h2-11H,1H3. The van der Waals surface area contributed by atoms with Crippen LogP contribution in [-0.2, 0) is 0 Å². The molecule has 3 aromatic carbocycles. The molecule has 0 bridgehead atoms. The summed E-state index contributed by atoms with van der Waals surface area (Å²) in [6.07, 6.45) is 0. The van der Waals surface area contributed by atoms with Crippen molar-refractivity contribution in [2.24, 2.45) is 0 Å². The Labute approximate surface area is 115 Å². The summed E-state index contributed by atoms with van der Waals surface area (Å²) in [5.41, 5.74) is 1.46. The minimum Gasteiger partial charge on any atom is -0.0777 e. The molecule has 0 aliphatic heterocycles. The molecule has 0 saturated heterocycles. The van der Waals surface area contributed by atoms with Crippen LogP contribution in [0, 0.1) is 0 Å². The van der Waals surface area contributed by atoms with Gasteiger partial charge in [0, 0.05) is 3.92 Å². The summed E-state index contributed by atoms with van der Waals surface area (Å²) >= 11 is 2.50. The highest BCUT2D eigenvalue weighted by atomic mass is 127. The van der Waals surface area contributed by atoms with Gasteiger partial charge < -0.3 is 0 Å². The van der Waals surface area contributed by atoms with Crippen molar-refractivity contribution in [1.82, 2.24) is 0 Å². The molecular weight excluding hydrogens is 319 g/mol. The van der Waals surface area contributed by atoms with Crippen molar-refractivity contribution in [3.8, 4) is 0 Å². The Kier molecular flexibility index (Phi) is 2.79. The molecule has 1 unspecified atom stereocenters. The van der Waals surface area contributed by atoms with Crippen LogP contribution in [0.4, 0.5) is 0 Å². The molecule has 3 aromatic rings. The number of rotatable bonds is 1. The van der Waals surface area contributed by atoms with Crippen molar-refractivity contribution < 1.29 is 0 Å². The molecule has 0 amide bonds. The van der Waals surface area contributed by atoms with Gasteiger partial charge in [-0.25, -0.2) is 0 Å². The zero-order valence-corrected chi connectivity index (χ0v) is 11.8. The zero-order valence-electron chi connectivity index (χ0n) is 9.65. The predicted octanol–water partition coefficient (Wildman–Crippen LogP) is 5.49. The van der Waals surface area contributed by atoms with Crippen molar-refractivity contribution in [1.29, 1.82) is 0 Å². The average molecular weight is 332 g/mol. The smallest absolute Gasteiger partial charge is 0.0343 e. The number of hydrogen-bond donors (Lipinski definition) is 0. The van der Waals surface area contributed by atoms with Crippen LogP contribution in [0.15, 0.2) is 54.6 Å². The van der Waals surface area contributed by atoms with E-state index in [1.807, 2.05) is 0 Å². The van der Waals surface area contributed by atoms with Crippen LogP contribution >= 0.6 is 22.6 Å². The van der Waals surface area contributed by atoms with E-state index in [-0.39, 0.29) is 0 Å². The molecule has 0 saturated carbocycles. The molecule has 0 radical (unpaired) electrons. The van der Waals surface area contributed by atoms with Gasteiger partial charge in [0.15, 0.2) is 0 Å². The van der Waals surface area contributed by atoms with Crippen LogP contribution in [-0.4, -0.2) is 0 Å². The number of halogens is 1. The van der Waals surface area contributed by atoms with Crippen molar-refractivity contribution in [3.05, 3.63) is 60.2 Å². The Hall–Kier alpha value is -1.09. The van der Waals surface area contributed by atoms with E-state index in [2.05, 4.69) is 84.1 Å². The third kappa shape index (κ3) is 1.82. The second-order valence-electron chi connectivity index (χ2n) is 4.35. The molecule has 0 heterocycles. The monoisotopic (exact) mass is 332 g/mol. The minimum atomic E-state index is 0.517. The molecule has 84 valence electrons. The van der Waals surface area contributed by atoms with E-state index in [9.17, 15) is 0 Å². The van der Waals surface area contributed by atoms with Crippen molar-refractivity contribution in [2.75, 3.05) is 0 Å². The van der Waals surface area contributed by atoms with Crippen molar-refractivity contribution in [2.45, 2.75) is 10.8 Å². The summed E-state index contributed by atoms with van der Waals surface area (Å²) in [5, 5.41) is 5.44. The van der Waals surface area contributed by atoms with Crippen LogP contribution in [0.1, 0.15) is 16.4 Å². The molecular formula is C16H13I. The summed E-state index contributed by atoms with van der Waals surface area (Å²) in [5.74, 6) is 0. The summed E-state index contributed by atoms with van der Waals surface area (Å²) in [6.45, 7) is 2.26.